The molecule has 0 aliphatic heterocycles. The Morgan fingerprint density at radius 3 is 2.83 bits per heavy atom. The van der Waals surface area contributed by atoms with Crippen LogP contribution in [-0.4, -0.2) is 41.7 Å². The summed E-state index contributed by atoms with van der Waals surface area (Å²) < 4.78 is 0. The standard InChI is InChI=1S/C15H17N7OS/c1-3-11-14(19-15(24-2)22-20-11)18-12-6-4-5-9(10(12)7-23)13-16-8-17-21-13/h4-6,8,23H,3,7H2,1-2H3,(H,16,17,21)(H,18,19,22). The van der Waals surface area contributed by atoms with Crippen molar-refractivity contribution in [2.24, 2.45) is 0 Å². The normalized spacial score (nSPS) is 10.8. The van der Waals surface area contributed by atoms with Gasteiger partial charge in [-0.2, -0.15) is 5.10 Å². The summed E-state index contributed by atoms with van der Waals surface area (Å²) in [4.78, 5) is 8.64. The van der Waals surface area contributed by atoms with Crippen molar-refractivity contribution in [1.29, 1.82) is 0 Å². The number of aliphatic hydroxyl groups excluding tert-OH is 1. The predicted octanol–water partition coefficient (Wildman–Crippen LogP) is 2.18. The molecule has 1 aromatic carbocycles. The number of aliphatic hydroxyl groups is 1. The Bertz CT molecular complexity index is 823. The van der Waals surface area contributed by atoms with Gasteiger partial charge in [-0.3, -0.25) is 5.10 Å². The van der Waals surface area contributed by atoms with E-state index in [4.69, 9.17) is 0 Å². The first-order valence-electron chi connectivity index (χ1n) is 7.39. The minimum atomic E-state index is -0.144. The van der Waals surface area contributed by atoms with Gasteiger partial charge >= 0.3 is 0 Å². The average molecular weight is 343 g/mol. The minimum Gasteiger partial charge on any atom is -0.392 e. The van der Waals surface area contributed by atoms with Gasteiger partial charge in [0.05, 0.1) is 6.61 Å². The molecule has 3 aromatic rings. The molecule has 0 atom stereocenters. The molecule has 0 aliphatic rings. The van der Waals surface area contributed by atoms with Crippen molar-refractivity contribution in [3.8, 4) is 11.4 Å². The van der Waals surface area contributed by atoms with Crippen LogP contribution in [0.25, 0.3) is 11.4 Å². The number of benzene rings is 1. The van der Waals surface area contributed by atoms with Crippen molar-refractivity contribution >= 4 is 23.3 Å². The van der Waals surface area contributed by atoms with Crippen LogP contribution in [0.15, 0.2) is 29.7 Å². The van der Waals surface area contributed by atoms with Crippen LogP contribution in [0, 0.1) is 0 Å². The maximum Gasteiger partial charge on any atom is 0.210 e. The van der Waals surface area contributed by atoms with Crippen LogP contribution in [0.1, 0.15) is 18.2 Å². The van der Waals surface area contributed by atoms with Crippen LogP contribution >= 0.6 is 11.8 Å². The van der Waals surface area contributed by atoms with E-state index in [2.05, 4.69) is 35.7 Å². The topological polar surface area (TPSA) is 113 Å². The number of rotatable bonds is 6. The third-order valence-electron chi connectivity index (χ3n) is 3.51. The second kappa shape index (κ2) is 7.37. The minimum absolute atomic E-state index is 0.144. The Balaban J connectivity index is 2.03. The Morgan fingerprint density at radius 1 is 1.29 bits per heavy atom. The maximum absolute atomic E-state index is 9.85. The van der Waals surface area contributed by atoms with Gasteiger partial charge in [-0.05, 0) is 18.7 Å². The first-order valence-corrected chi connectivity index (χ1v) is 8.62. The molecule has 2 heterocycles. The molecule has 0 radical (unpaired) electrons. The number of hydrogen-bond acceptors (Lipinski definition) is 8. The zero-order valence-corrected chi connectivity index (χ0v) is 14.1. The van der Waals surface area contributed by atoms with E-state index >= 15 is 0 Å². The Hall–Kier alpha value is -2.52. The van der Waals surface area contributed by atoms with Crippen molar-refractivity contribution in [2.75, 3.05) is 11.6 Å². The molecule has 0 fully saturated rings. The molecule has 0 bridgehead atoms. The smallest absolute Gasteiger partial charge is 0.210 e. The van der Waals surface area contributed by atoms with E-state index in [1.54, 1.807) is 0 Å². The fraction of sp³-hybridized carbons (Fsp3) is 0.267. The Labute approximate surface area is 143 Å². The predicted molar refractivity (Wildman–Crippen MR) is 92.0 cm³/mol. The van der Waals surface area contributed by atoms with E-state index in [9.17, 15) is 5.11 Å². The summed E-state index contributed by atoms with van der Waals surface area (Å²) in [7, 11) is 0. The fourth-order valence-corrected chi connectivity index (χ4v) is 2.62. The second-order valence-electron chi connectivity index (χ2n) is 4.90. The zero-order chi connectivity index (χ0) is 16.9. The summed E-state index contributed by atoms with van der Waals surface area (Å²) in [6.45, 7) is 1.85. The van der Waals surface area contributed by atoms with Crippen LogP contribution < -0.4 is 5.32 Å². The van der Waals surface area contributed by atoms with Gasteiger partial charge < -0.3 is 10.4 Å². The average Bonchev–Trinajstić information content (AvgIpc) is 3.16. The molecule has 8 nitrogen and oxygen atoms in total. The summed E-state index contributed by atoms with van der Waals surface area (Å²) in [6, 6.07) is 5.64. The zero-order valence-electron chi connectivity index (χ0n) is 13.3. The van der Waals surface area contributed by atoms with Crippen LogP contribution in [0.5, 0.6) is 0 Å². The van der Waals surface area contributed by atoms with Crippen molar-refractivity contribution in [1.82, 2.24) is 30.4 Å². The number of hydrogen-bond donors (Lipinski definition) is 3. The third-order valence-corrected chi connectivity index (χ3v) is 4.05. The van der Waals surface area contributed by atoms with Gasteiger partial charge in [0.25, 0.3) is 0 Å². The summed E-state index contributed by atoms with van der Waals surface area (Å²) in [5.41, 5.74) is 3.00. The number of anilines is 2. The SMILES string of the molecule is CCc1nnc(SC)nc1Nc1cccc(-c2ncn[nH]2)c1CO. The van der Waals surface area contributed by atoms with Crippen molar-refractivity contribution in [2.45, 2.75) is 25.1 Å². The summed E-state index contributed by atoms with van der Waals surface area (Å²) in [6.07, 6.45) is 4.04. The summed E-state index contributed by atoms with van der Waals surface area (Å²) in [5.74, 6) is 1.24. The fourth-order valence-electron chi connectivity index (χ4n) is 2.32. The summed E-state index contributed by atoms with van der Waals surface area (Å²) >= 11 is 1.43. The van der Waals surface area contributed by atoms with Crippen LogP contribution in [-0.2, 0) is 13.0 Å². The molecule has 0 saturated carbocycles. The highest BCUT2D eigenvalue weighted by Gasteiger charge is 2.14. The first-order chi connectivity index (χ1) is 11.8. The second-order valence-corrected chi connectivity index (χ2v) is 5.67. The number of aromatic nitrogens is 6. The lowest BCUT2D eigenvalue weighted by Gasteiger charge is -2.14. The first kappa shape index (κ1) is 16.3. The summed E-state index contributed by atoms with van der Waals surface area (Å²) in [5, 5.41) is 28.7. The Kier molecular flexibility index (Phi) is 5.02. The highest BCUT2D eigenvalue weighted by atomic mass is 32.2. The number of nitrogens with zero attached hydrogens (tertiary/aromatic N) is 5. The van der Waals surface area contributed by atoms with E-state index in [-0.39, 0.29) is 6.61 Å². The van der Waals surface area contributed by atoms with Crippen LogP contribution in [0.3, 0.4) is 0 Å². The van der Waals surface area contributed by atoms with Gasteiger partial charge in [0.15, 0.2) is 11.6 Å². The number of H-pyrrole nitrogens is 1. The van der Waals surface area contributed by atoms with Gasteiger partial charge in [-0.25, -0.2) is 9.97 Å². The van der Waals surface area contributed by atoms with Gasteiger partial charge in [-0.15, -0.1) is 10.2 Å². The molecule has 0 spiro atoms. The molecule has 124 valence electrons. The molecular formula is C15H17N7OS. The van der Waals surface area contributed by atoms with E-state index in [0.717, 1.165) is 16.9 Å². The van der Waals surface area contributed by atoms with Gasteiger partial charge in [0, 0.05) is 16.8 Å². The van der Waals surface area contributed by atoms with Gasteiger partial charge in [0.1, 0.15) is 12.0 Å². The van der Waals surface area contributed by atoms with Crippen molar-refractivity contribution < 1.29 is 5.11 Å². The maximum atomic E-state index is 9.85. The number of thioether (sulfide) groups is 1. The third kappa shape index (κ3) is 3.22. The largest absolute Gasteiger partial charge is 0.392 e. The van der Waals surface area contributed by atoms with E-state index in [1.165, 1.54) is 18.1 Å². The highest BCUT2D eigenvalue weighted by molar-refractivity contribution is 7.98. The van der Waals surface area contributed by atoms with Crippen LogP contribution in [0.2, 0.25) is 0 Å². The van der Waals surface area contributed by atoms with E-state index in [0.29, 0.717) is 28.8 Å². The lowest BCUT2D eigenvalue weighted by molar-refractivity contribution is 0.283. The molecule has 3 rings (SSSR count). The number of nitrogens with one attached hydrogen (secondary N) is 2. The van der Waals surface area contributed by atoms with Crippen molar-refractivity contribution in [3.63, 3.8) is 0 Å². The quantitative estimate of drug-likeness (QED) is 0.584. The molecular weight excluding hydrogens is 326 g/mol. The molecule has 0 unspecified atom stereocenters. The van der Waals surface area contributed by atoms with Crippen LogP contribution in [0.4, 0.5) is 11.5 Å². The molecule has 0 amide bonds. The van der Waals surface area contributed by atoms with Gasteiger partial charge in [-0.1, -0.05) is 30.8 Å². The van der Waals surface area contributed by atoms with E-state index in [1.807, 2.05) is 31.4 Å². The van der Waals surface area contributed by atoms with E-state index < -0.39 is 0 Å². The number of aromatic amines is 1. The van der Waals surface area contributed by atoms with Crippen molar-refractivity contribution in [3.05, 3.63) is 35.8 Å². The number of aryl methyl sites for hydroxylation is 1. The van der Waals surface area contributed by atoms with Gasteiger partial charge in [0.2, 0.25) is 5.16 Å². The lowest BCUT2D eigenvalue weighted by atomic mass is 10.1. The molecule has 2 aromatic heterocycles. The molecule has 3 N–H and O–H groups in total. The molecule has 24 heavy (non-hydrogen) atoms. The Morgan fingerprint density at radius 2 is 2.17 bits per heavy atom. The monoisotopic (exact) mass is 343 g/mol. The molecule has 0 aliphatic carbocycles. The lowest BCUT2D eigenvalue weighted by Crippen LogP contribution is -2.07. The highest BCUT2D eigenvalue weighted by Crippen LogP contribution is 2.29. The molecule has 9 heteroatoms. The molecule has 0 saturated heterocycles.